The fourth-order valence-electron chi connectivity index (χ4n) is 3.48. The number of benzene rings is 1. The number of likely N-dealkylation sites (tertiary alicyclic amines) is 1. The first-order valence-electron chi connectivity index (χ1n) is 8.71. The van der Waals surface area contributed by atoms with Crippen molar-refractivity contribution < 1.29 is 19.5 Å². The van der Waals surface area contributed by atoms with E-state index in [1.54, 1.807) is 54.1 Å². The van der Waals surface area contributed by atoms with Gasteiger partial charge in [-0.1, -0.05) is 12.1 Å². The van der Waals surface area contributed by atoms with Crippen LogP contribution in [-0.4, -0.2) is 44.6 Å². The topological polar surface area (TPSA) is 105 Å². The summed E-state index contributed by atoms with van der Waals surface area (Å²) in [6.45, 7) is 0. The maximum atomic E-state index is 12.9. The quantitative estimate of drug-likeness (QED) is 0.832. The number of anilines is 1. The molecule has 2 heterocycles. The average molecular weight is 370 g/mol. The monoisotopic (exact) mass is 370 g/mol. The molecule has 1 aromatic heterocycles. The van der Waals surface area contributed by atoms with Gasteiger partial charge in [-0.2, -0.15) is 5.10 Å². The maximum Gasteiger partial charge on any atom is 0.307 e. The molecule has 2 N–H and O–H groups in total. The Bertz CT molecular complexity index is 859. The van der Waals surface area contributed by atoms with Crippen LogP contribution >= 0.6 is 0 Å². The summed E-state index contributed by atoms with van der Waals surface area (Å²) in [5.41, 5.74) is 2.08. The SMILES string of the molecule is CN1C(=O)CCC(C(=O)Nc2ccc(CC(=O)O)cc2)C1c1cnn(C)c1. The molecular formula is C19H22N4O4. The number of aliphatic carboxylic acids is 1. The van der Waals surface area contributed by atoms with E-state index in [-0.39, 0.29) is 24.3 Å². The van der Waals surface area contributed by atoms with Gasteiger partial charge in [0.05, 0.1) is 24.6 Å². The van der Waals surface area contributed by atoms with Crippen molar-refractivity contribution in [1.29, 1.82) is 0 Å². The predicted octanol–water partition coefficient (Wildman–Crippen LogP) is 1.60. The fraction of sp³-hybridized carbons (Fsp3) is 0.368. The van der Waals surface area contributed by atoms with Crippen LogP contribution in [0.25, 0.3) is 0 Å². The Balaban J connectivity index is 1.77. The number of hydrogen-bond acceptors (Lipinski definition) is 4. The van der Waals surface area contributed by atoms with Crippen LogP contribution in [0.3, 0.4) is 0 Å². The van der Waals surface area contributed by atoms with Gasteiger partial charge in [0.1, 0.15) is 0 Å². The first-order valence-corrected chi connectivity index (χ1v) is 8.71. The van der Waals surface area contributed by atoms with Gasteiger partial charge < -0.3 is 15.3 Å². The van der Waals surface area contributed by atoms with Crippen LogP contribution in [0.2, 0.25) is 0 Å². The molecular weight excluding hydrogens is 348 g/mol. The lowest BCUT2D eigenvalue weighted by Gasteiger charge is -2.37. The molecule has 0 radical (unpaired) electrons. The summed E-state index contributed by atoms with van der Waals surface area (Å²) in [7, 11) is 3.50. The van der Waals surface area contributed by atoms with Crippen LogP contribution in [0.5, 0.6) is 0 Å². The number of aromatic nitrogens is 2. The number of amides is 2. The number of nitrogens with zero attached hydrogens (tertiary/aromatic N) is 3. The minimum absolute atomic E-state index is 0.00549. The predicted molar refractivity (Wildman–Crippen MR) is 97.9 cm³/mol. The van der Waals surface area contributed by atoms with Crippen molar-refractivity contribution in [2.75, 3.05) is 12.4 Å². The zero-order valence-corrected chi connectivity index (χ0v) is 15.3. The summed E-state index contributed by atoms with van der Waals surface area (Å²) >= 11 is 0. The first-order chi connectivity index (χ1) is 12.8. The van der Waals surface area contributed by atoms with Crippen molar-refractivity contribution in [3.05, 3.63) is 47.8 Å². The van der Waals surface area contributed by atoms with E-state index in [4.69, 9.17) is 5.11 Å². The number of carbonyl (C=O) groups excluding carboxylic acids is 2. The number of hydrogen-bond donors (Lipinski definition) is 2. The van der Waals surface area contributed by atoms with Crippen molar-refractivity contribution in [1.82, 2.24) is 14.7 Å². The molecule has 142 valence electrons. The smallest absolute Gasteiger partial charge is 0.307 e. The molecule has 27 heavy (non-hydrogen) atoms. The summed E-state index contributed by atoms with van der Waals surface area (Å²) in [5.74, 6) is -1.46. The number of rotatable bonds is 5. The summed E-state index contributed by atoms with van der Waals surface area (Å²) in [5, 5.41) is 15.9. The summed E-state index contributed by atoms with van der Waals surface area (Å²) in [6, 6.07) is 6.36. The standard InChI is InChI=1S/C19H22N4O4/c1-22-11-13(10-20-22)18-15(7-8-16(24)23(18)2)19(27)21-14-5-3-12(4-6-14)9-17(25)26/h3-6,10-11,15,18H,7-9H2,1-2H3,(H,21,27)(H,25,26). The molecule has 1 aliphatic heterocycles. The molecule has 2 aromatic rings. The summed E-state index contributed by atoms with van der Waals surface area (Å²) in [4.78, 5) is 37.4. The molecule has 2 atom stereocenters. The van der Waals surface area contributed by atoms with Gasteiger partial charge in [0.15, 0.2) is 0 Å². The van der Waals surface area contributed by atoms with Crippen LogP contribution in [0.4, 0.5) is 5.69 Å². The number of nitrogens with one attached hydrogen (secondary N) is 1. The van der Waals surface area contributed by atoms with E-state index in [9.17, 15) is 14.4 Å². The maximum absolute atomic E-state index is 12.9. The van der Waals surface area contributed by atoms with E-state index in [0.717, 1.165) is 5.56 Å². The van der Waals surface area contributed by atoms with Gasteiger partial charge in [0.2, 0.25) is 11.8 Å². The molecule has 3 rings (SSSR count). The van der Waals surface area contributed by atoms with Gasteiger partial charge >= 0.3 is 5.97 Å². The molecule has 0 bridgehead atoms. The molecule has 2 amide bonds. The van der Waals surface area contributed by atoms with E-state index in [2.05, 4.69) is 10.4 Å². The average Bonchev–Trinajstić information content (AvgIpc) is 3.04. The van der Waals surface area contributed by atoms with Crippen molar-refractivity contribution in [3.8, 4) is 0 Å². The van der Waals surface area contributed by atoms with Crippen molar-refractivity contribution in [2.45, 2.75) is 25.3 Å². The summed E-state index contributed by atoms with van der Waals surface area (Å²) in [6.07, 6.45) is 4.23. The third-order valence-corrected chi connectivity index (χ3v) is 4.84. The molecule has 8 nitrogen and oxygen atoms in total. The number of carbonyl (C=O) groups is 3. The van der Waals surface area contributed by atoms with Crippen LogP contribution in [-0.2, 0) is 27.9 Å². The Morgan fingerprint density at radius 2 is 1.96 bits per heavy atom. The summed E-state index contributed by atoms with van der Waals surface area (Å²) < 4.78 is 1.65. The fourth-order valence-corrected chi connectivity index (χ4v) is 3.48. The Morgan fingerprint density at radius 3 is 2.56 bits per heavy atom. The van der Waals surface area contributed by atoms with Crippen LogP contribution < -0.4 is 5.32 Å². The van der Waals surface area contributed by atoms with Crippen molar-refractivity contribution >= 4 is 23.5 Å². The Kier molecular flexibility index (Phi) is 5.25. The highest BCUT2D eigenvalue weighted by atomic mass is 16.4. The van der Waals surface area contributed by atoms with Gasteiger partial charge in [0, 0.05) is 38.0 Å². The molecule has 0 aliphatic carbocycles. The molecule has 1 aliphatic rings. The number of carboxylic acids is 1. The second-order valence-electron chi connectivity index (χ2n) is 6.80. The van der Waals surface area contributed by atoms with E-state index < -0.39 is 11.9 Å². The molecule has 0 saturated carbocycles. The number of aryl methyl sites for hydroxylation is 1. The minimum atomic E-state index is -0.902. The zero-order valence-electron chi connectivity index (χ0n) is 15.3. The van der Waals surface area contributed by atoms with E-state index in [1.807, 2.05) is 6.20 Å². The first kappa shape index (κ1) is 18.6. The minimum Gasteiger partial charge on any atom is -0.481 e. The molecule has 1 saturated heterocycles. The van der Waals surface area contributed by atoms with Gasteiger partial charge in [-0.15, -0.1) is 0 Å². The number of piperidine rings is 1. The van der Waals surface area contributed by atoms with E-state index in [0.29, 0.717) is 24.1 Å². The van der Waals surface area contributed by atoms with E-state index >= 15 is 0 Å². The van der Waals surface area contributed by atoms with Crippen molar-refractivity contribution in [2.24, 2.45) is 13.0 Å². The Hall–Kier alpha value is -3.16. The van der Waals surface area contributed by atoms with Gasteiger partial charge in [-0.05, 0) is 24.1 Å². The molecule has 1 fully saturated rings. The second-order valence-corrected chi connectivity index (χ2v) is 6.80. The van der Waals surface area contributed by atoms with Crippen LogP contribution in [0.1, 0.15) is 30.0 Å². The van der Waals surface area contributed by atoms with Crippen LogP contribution in [0.15, 0.2) is 36.7 Å². The lowest BCUT2D eigenvalue weighted by Crippen LogP contribution is -2.44. The zero-order chi connectivity index (χ0) is 19.6. The molecule has 1 aromatic carbocycles. The van der Waals surface area contributed by atoms with Gasteiger partial charge in [0.25, 0.3) is 0 Å². The van der Waals surface area contributed by atoms with Crippen LogP contribution in [0, 0.1) is 5.92 Å². The van der Waals surface area contributed by atoms with Gasteiger partial charge in [-0.25, -0.2) is 0 Å². The highest BCUT2D eigenvalue weighted by Crippen LogP contribution is 2.36. The number of carboxylic acid groups (broad SMARTS) is 1. The third kappa shape index (κ3) is 4.16. The Morgan fingerprint density at radius 1 is 1.26 bits per heavy atom. The Labute approximate surface area is 156 Å². The molecule has 2 unspecified atom stereocenters. The molecule has 0 spiro atoms. The highest BCUT2D eigenvalue weighted by molar-refractivity contribution is 5.94. The lowest BCUT2D eigenvalue weighted by atomic mass is 9.85. The second kappa shape index (κ2) is 7.61. The highest BCUT2D eigenvalue weighted by Gasteiger charge is 2.39. The normalized spacial score (nSPS) is 19.8. The lowest BCUT2D eigenvalue weighted by molar-refractivity contribution is -0.140. The van der Waals surface area contributed by atoms with Crippen molar-refractivity contribution in [3.63, 3.8) is 0 Å². The van der Waals surface area contributed by atoms with E-state index in [1.165, 1.54) is 0 Å². The third-order valence-electron chi connectivity index (χ3n) is 4.84. The molecule has 8 heteroatoms. The van der Waals surface area contributed by atoms with Gasteiger partial charge in [-0.3, -0.25) is 19.1 Å². The largest absolute Gasteiger partial charge is 0.481 e.